The van der Waals surface area contributed by atoms with Crippen molar-refractivity contribution < 1.29 is 14.3 Å². The molecular weight excluding hydrogens is 368 g/mol. The number of rotatable bonds is 6. The highest BCUT2D eigenvalue weighted by molar-refractivity contribution is 5.94. The van der Waals surface area contributed by atoms with Gasteiger partial charge in [0.15, 0.2) is 11.5 Å². The number of hydrogen-bond acceptors (Lipinski definition) is 5. The Balaban J connectivity index is 1.59. The number of amides is 1. The van der Waals surface area contributed by atoms with Crippen molar-refractivity contribution in [2.45, 2.75) is 19.6 Å². The number of para-hydroxylation sites is 1. The molecule has 7 nitrogen and oxygen atoms in total. The summed E-state index contributed by atoms with van der Waals surface area (Å²) in [5, 5.41) is 11.1. The number of fused-ring (bicyclic) bond motifs is 1. The van der Waals surface area contributed by atoms with Crippen molar-refractivity contribution in [2.24, 2.45) is 0 Å². The Labute approximate surface area is 169 Å². The van der Waals surface area contributed by atoms with Crippen LogP contribution in [0.1, 0.15) is 27.8 Å². The van der Waals surface area contributed by atoms with Crippen LogP contribution < -0.4 is 20.1 Å². The fourth-order valence-corrected chi connectivity index (χ4v) is 3.51. The van der Waals surface area contributed by atoms with Crippen molar-refractivity contribution in [1.82, 2.24) is 20.4 Å². The molecule has 0 fully saturated rings. The van der Waals surface area contributed by atoms with Gasteiger partial charge in [-0.1, -0.05) is 42.0 Å². The highest BCUT2D eigenvalue weighted by Gasteiger charge is 2.27. The number of nitrogens with zero attached hydrogens (tertiary/aromatic N) is 2. The van der Waals surface area contributed by atoms with Crippen molar-refractivity contribution in [3.8, 4) is 22.8 Å². The maximum Gasteiger partial charge on any atom is 0.269 e. The van der Waals surface area contributed by atoms with Gasteiger partial charge in [0, 0.05) is 17.7 Å². The predicted molar refractivity (Wildman–Crippen MR) is 110 cm³/mol. The molecule has 150 valence electrons. The van der Waals surface area contributed by atoms with E-state index in [0.717, 1.165) is 16.8 Å². The maximum atomic E-state index is 12.4. The number of aryl methyl sites for hydroxylation is 1. The zero-order chi connectivity index (χ0) is 20.4. The molecule has 1 amide bonds. The standard InChI is InChI=1S/C22H24N4O3/c1-14-7-9-15(10-8-14)17-11-18-22(27)24-13-20(26(18)25-17)23-12-16-5-4-6-19(28-2)21(16)29-3/h4-11,20,23H,12-13H2,1-3H3,(H,24,27). The first kappa shape index (κ1) is 19.0. The molecule has 7 heteroatoms. The molecule has 0 saturated carbocycles. The Morgan fingerprint density at radius 2 is 1.97 bits per heavy atom. The smallest absolute Gasteiger partial charge is 0.269 e. The maximum absolute atomic E-state index is 12.4. The third-order valence-electron chi connectivity index (χ3n) is 5.08. The molecule has 4 rings (SSSR count). The van der Waals surface area contributed by atoms with Crippen LogP contribution in [0.15, 0.2) is 48.5 Å². The van der Waals surface area contributed by atoms with Crippen LogP contribution in [0.3, 0.4) is 0 Å². The summed E-state index contributed by atoms with van der Waals surface area (Å²) in [6, 6.07) is 15.7. The van der Waals surface area contributed by atoms with E-state index in [4.69, 9.17) is 14.6 Å². The van der Waals surface area contributed by atoms with E-state index >= 15 is 0 Å². The molecule has 1 aromatic heterocycles. The lowest BCUT2D eigenvalue weighted by atomic mass is 10.1. The first-order chi connectivity index (χ1) is 14.1. The Morgan fingerprint density at radius 3 is 2.69 bits per heavy atom. The largest absolute Gasteiger partial charge is 0.493 e. The van der Waals surface area contributed by atoms with Gasteiger partial charge in [0.2, 0.25) is 0 Å². The van der Waals surface area contributed by atoms with Crippen LogP contribution in [0.4, 0.5) is 0 Å². The van der Waals surface area contributed by atoms with Crippen molar-refractivity contribution >= 4 is 5.91 Å². The van der Waals surface area contributed by atoms with E-state index in [1.54, 1.807) is 18.9 Å². The molecule has 1 unspecified atom stereocenters. The van der Waals surface area contributed by atoms with Gasteiger partial charge in [-0.2, -0.15) is 5.10 Å². The summed E-state index contributed by atoms with van der Waals surface area (Å²) in [6.45, 7) is 3.04. The minimum absolute atomic E-state index is 0.118. The van der Waals surface area contributed by atoms with Crippen molar-refractivity contribution in [3.63, 3.8) is 0 Å². The summed E-state index contributed by atoms with van der Waals surface area (Å²) in [6.07, 6.45) is -0.169. The quantitative estimate of drug-likeness (QED) is 0.675. The first-order valence-electron chi connectivity index (χ1n) is 9.48. The molecule has 2 N–H and O–H groups in total. The van der Waals surface area contributed by atoms with Gasteiger partial charge in [0.25, 0.3) is 5.91 Å². The molecule has 0 radical (unpaired) electrons. The molecule has 2 heterocycles. The number of benzene rings is 2. The number of nitrogens with one attached hydrogen (secondary N) is 2. The number of ether oxygens (including phenoxy) is 2. The molecule has 0 bridgehead atoms. The minimum atomic E-state index is -0.169. The molecule has 0 aliphatic carbocycles. The van der Waals surface area contributed by atoms with Gasteiger partial charge in [0.1, 0.15) is 11.9 Å². The Kier molecular flexibility index (Phi) is 5.22. The van der Waals surface area contributed by atoms with E-state index in [0.29, 0.717) is 30.3 Å². The Hall–Kier alpha value is -3.32. The average molecular weight is 392 g/mol. The minimum Gasteiger partial charge on any atom is -0.493 e. The number of methoxy groups -OCH3 is 2. The molecule has 1 aliphatic rings. The number of carbonyl (C=O) groups excluding carboxylic acids is 1. The average Bonchev–Trinajstić information content (AvgIpc) is 3.20. The van der Waals surface area contributed by atoms with E-state index in [9.17, 15) is 4.79 Å². The Bertz CT molecular complexity index is 1030. The number of hydrogen-bond donors (Lipinski definition) is 2. The number of aromatic nitrogens is 2. The van der Waals surface area contributed by atoms with Gasteiger partial charge in [-0.05, 0) is 19.1 Å². The van der Waals surface area contributed by atoms with E-state index in [1.165, 1.54) is 5.56 Å². The van der Waals surface area contributed by atoms with E-state index in [-0.39, 0.29) is 12.1 Å². The third kappa shape index (κ3) is 3.69. The second-order valence-corrected chi connectivity index (χ2v) is 6.98. The highest BCUT2D eigenvalue weighted by Crippen LogP contribution is 2.31. The van der Waals surface area contributed by atoms with E-state index in [2.05, 4.69) is 10.6 Å². The van der Waals surface area contributed by atoms with Gasteiger partial charge >= 0.3 is 0 Å². The summed E-state index contributed by atoms with van der Waals surface area (Å²) in [5.74, 6) is 1.27. The SMILES string of the molecule is COc1cccc(CNC2CNC(=O)c3cc(-c4ccc(C)cc4)nn32)c1OC. The summed E-state index contributed by atoms with van der Waals surface area (Å²) < 4.78 is 12.6. The summed E-state index contributed by atoms with van der Waals surface area (Å²) in [7, 11) is 3.25. The topological polar surface area (TPSA) is 77.4 Å². The summed E-state index contributed by atoms with van der Waals surface area (Å²) >= 11 is 0. The normalized spacial score (nSPS) is 15.6. The summed E-state index contributed by atoms with van der Waals surface area (Å²) in [4.78, 5) is 12.4. The Morgan fingerprint density at radius 1 is 1.17 bits per heavy atom. The fourth-order valence-electron chi connectivity index (χ4n) is 3.51. The lowest BCUT2D eigenvalue weighted by Crippen LogP contribution is -2.45. The van der Waals surface area contributed by atoms with Crippen molar-refractivity contribution in [1.29, 1.82) is 0 Å². The predicted octanol–water partition coefficient (Wildman–Crippen LogP) is 2.91. The third-order valence-corrected chi connectivity index (χ3v) is 5.08. The van der Waals surface area contributed by atoms with E-state index in [1.807, 2.05) is 55.5 Å². The molecular formula is C22H24N4O3. The highest BCUT2D eigenvalue weighted by atomic mass is 16.5. The van der Waals surface area contributed by atoms with Crippen LogP contribution in [0, 0.1) is 6.92 Å². The second kappa shape index (κ2) is 7.97. The van der Waals surface area contributed by atoms with Gasteiger partial charge in [-0.25, -0.2) is 4.68 Å². The van der Waals surface area contributed by atoms with Crippen LogP contribution in [0.25, 0.3) is 11.3 Å². The zero-order valence-electron chi connectivity index (χ0n) is 16.7. The molecule has 0 saturated heterocycles. The first-order valence-corrected chi connectivity index (χ1v) is 9.48. The van der Waals surface area contributed by atoms with Gasteiger partial charge in [-0.3, -0.25) is 10.1 Å². The van der Waals surface area contributed by atoms with Crippen LogP contribution in [0.2, 0.25) is 0 Å². The van der Waals surface area contributed by atoms with Crippen LogP contribution in [-0.2, 0) is 6.54 Å². The lowest BCUT2D eigenvalue weighted by Gasteiger charge is -2.26. The van der Waals surface area contributed by atoms with Crippen molar-refractivity contribution in [2.75, 3.05) is 20.8 Å². The summed E-state index contributed by atoms with van der Waals surface area (Å²) in [5.41, 5.74) is 4.46. The van der Waals surface area contributed by atoms with Gasteiger partial charge in [0.05, 0.1) is 26.5 Å². The monoisotopic (exact) mass is 392 g/mol. The van der Waals surface area contributed by atoms with Gasteiger partial charge in [-0.15, -0.1) is 0 Å². The molecule has 2 aromatic carbocycles. The molecule has 29 heavy (non-hydrogen) atoms. The van der Waals surface area contributed by atoms with Crippen molar-refractivity contribution in [3.05, 3.63) is 65.4 Å². The van der Waals surface area contributed by atoms with Crippen LogP contribution in [-0.4, -0.2) is 36.5 Å². The van der Waals surface area contributed by atoms with Gasteiger partial charge < -0.3 is 14.8 Å². The number of carbonyl (C=O) groups is 1. The molecule has 0 spiro atoms. The zero-order valence-corrected chi connectivity index (χ0v) is 16.7. The molecule has 3 aromatic rings. The fraction of sp³-hybridized carbons (Fsp3) is 0.273. The lowest BCUT2D eigenvalue weighted by molar-refractivity contribution is 0.0900. The van der Waals surface area contributed by atoms with Crippen LogP contribution >= 0.6 is 0 Å². The van der Waals surface area contributed by atoms with E-state index < -0.39 is 0 Å². The molecule has 1 aliphatic heterocycles. The molecule has 1 atom stereocenters. The van der Waals surface area contributed by atoms with Crippen LogP contribution in [0.5, 0.6) is 11.5 Å². The second-order valence-electron chi connectivity index (χ2n) is 6.98.